The van der Waals surface area contributed by atoms with Gasteiger partial charge >= 0.3 is 6.03 Å². The van der Waals surface area contributed by atoms with Gasteiger partial charge in [-0.1, -0.05) is 24.3 Å². The number of hydrogen-bond acceptors (Lipinski definition) is 4. The molecule has 0 unspecified atom stereocenters. The number of pyridine rings is 2. The fourth-order valence-electron chi connectivity index (χ4n) is 3.26. The Balaban J connectivity index is 1.36. The van der Waals surface area contributed by atoms with Crippen molar-refractivity contribution in [1.29, 1.82) is 0 Å². The molecule has 2 amide bonds. The van der Waals surface area contributed by atoms with Gasteiger partial charge in [0.25, 0.3) is 0 Å². The number of piperazine rings is 1. The highest BCUT2D eigenvalue weighted by molar-refractivity contribution is 5.99. The summed E-state index contributed by atoms with van der Waals surface area (Å²) < 4.78 is 0. The standard InChI is InChI=1S/C20H21N5O/c26-20(23-18-7-1-5-17-6-3-9-22-19(17)18)25-12-10-24(11-13-25)15-16-4-2-8-21-14-16/h1-9,14H,10-13,15H2,(H,23,26). The fraction of sp³-hybridized carbons (Fsp3) is 0.250. The Labute approximate surface area is 152 Å². The zero-order valence-corrected chi connectivity index (χ0v) is 14.5. The molecule has 1 aliphatic rings. The van der Waals surface area contributed by atoms with Gasteiger partial charge in [-0.2, -0.15) is 0 Å². The molecule has 6 nitrogen and oxygen atoms in total. The van der Waals surface area contributed by atoms with Gasteiger partial charge in [-0.25, -0.2) is 4.79 Å². The van der Waals surface area contributed by atoms with Crippen molar-refractivity contribution < 1.29 is 4.79 Å². The molecule has 0 spiro atoms. The summed E-state index contributed by atoms with van der Waals surface area (Å²) >= 11 is 0. The smallest absolute Gasteiger partial charge is 0.321 e. The Morgan fingerprint density at radius 1 is 1.00 bits per heavy atom. The van der Waals surface area contributed by atoms with Gasteiger partial charge in [0.15, 0.2) is 0 Å². The molecule has 6 heteroatoms. The number of amides is 2. The van der Waals surface area contributed by atoms with E-state index in [1.807, 2.05) is 47.5 Å². The number of urea groups is 1. The van der Waals surface area contributed by atoms with E-state index in [0.717, 1.165) is 36.2 Å². The molecular weight excluding hydrogens is 326 g/mol. The number of fused-ring (bicyclic) bond motifs is 1. The normalized spacial score (nSPS) is 15.2. The quantitative estimate of drug-likeness (QED) is 0.791. The number of aromatic nitrogens is 2. The minimum absolute atomic E-state index is 0.0656. The van der Waals surface area contributed by atoms with Crippen LogP contribution < -0.4 is 5.32 Å². The third kappa shape index (κ3) is 3.65. The van der Waals surface area contributed by atoms with Crippen molar-refractivity contribution in [2.24, 2.45) is 0 Å². The van der Waals surface area contributed by atoms with Crippen LogP contribution in [0.3, 0.4) is 0 Å². The van der Waals surface area contributed by atoms with Crippen molar-refractivity contribution in [1.82, 2.24) is 19.8 Å². The van der Waals surface area contributed by atoms with Crippen molar-refractivity contribution in [2.75, 3.05) is 31.5 Å². The molecule has 26 heavy (non-hydrogen) atoms. The van der Waals surface area contributed by atoms with E-state index in [4.69, 9.17) is 0 Å². The SMILES string of the molecule is O=C(Nc1cccc2cccnc12)N1CCN(Cc2cccnc2)CC1. The number of rotatable bonds is 3. The maximum absolute atomic E-state index is 12.6. The largest absolute Gasteiger partial charge is 0.322 e. The molecule has 132 valence electrons. The molecule has 0 atom stereocenters. The molecule has 0 bridgehead atoms. The number of nitrogens with one attached hydrogen (secondary N) is 1. The molecule has 0 aliphatic carbocycles. The lowest BCUT2D eigenvalue weighted by atomic mass is 10.2. The van der Waals surface area contributed by atoms with Crippen molar-refractivity contribution >= 4 is 22.6 Å². The molecule has 0 saturated carbocycles. The highest BCUT2D eigenvalue weighted by Gasteiger charge is 2.21. The number of anilines is 1. The molecule has 1 fully saturated rings. The molecule has 3 heterocycles. The molecule has 3 aromatic rings. The lowest BCUT2D eigenvalue weighted by Crippen LogP contribution is -2.49. The molecule has 2 aromatic heterocycles. The van der Waals surface area contributed by atoms with Crippen molar-refractivity contribution in [3.63, 3.8) is 0 Å². The Hall–Kier alpha value is -2.99. The van der Waals surface area contributed by atoms with Crippen LogP contribution in [0.15, 0.2) is 61.1 Å². The third-order valence-corrected chi connectivity index (χ3v) is 4.66. The topological polar surface area (TPSA) is 61.4 Å². The number of carbonyl (C=O) groups excluding carboxylic acids is 1. The van der Waals surface area contributed by atoms with E-state index in [1.165, 1.54) is 5.56 Å². The second kappa shape index (κ2) is 7.49. The van der Waals surface area contributed by atoms with Gasteiger partial charge in [-0.3, -0.25) is 14.9 Å². The molecule has 0 radical (unpaired) electrons. The maximum Gasteiger partial charge on any atom is 0.321 e. The summed E-state index contributed by atoms with van der Waals surface area (Å²) in [5.41, 5.74) is 2.77. The zero-order chi connectivity index (χ0) is 17.8. The number of carbonyl (C=O) groups is 1. The van der Waals surface area contributed by atoms with Crippen molar-refractivity contribution in [3.8, 4) is 0 Å². The summed E-state index contributed by atoms with van der Waals surface area (Å²) in [6, 6.07) is 13.7. The van der Waals surface area contributed by atoms with Gasteiger partial charge in [0, 0.05) is 56.7 Å². The summed E-state index contributed by atoms with van der Waals surface area (Å²) in [6.07, 6.45) is 5.43. The summed E-state index contributed by atoms with van der Waals surface area (Å²) in [5.74, 6) is 0. The van der Waals surface area contributed by atoms with Crippen LogP contribution in [0, 0.1) is 0 Å². The van der Waals surface area contributed by atoms with Gasteiger partial charge in [-0.05, 0) is 23.8 Å². The molecular formula is C20H21N5O. The number of benzene rings is 1. The van der Waals surface area contributed by atoms with Crippen LogP contribution in [-0.4, -0.2) is 52.0 Å². The van der Waals surface area contributed by atoms with E-state index in [0.29, 0.717) is 13.1 Å². The average Bonchev–Trinajstić information content (AvgIpc) is 2.70. The maximum atomic E-state index is 12.6. The number of nitrogens with zero attached hydrogens (tertiary/aromatic N) is 4. The predicted molar refractivity (Wildman–Crippen MR) is 102 cm³/mol. The van der Waals surface area contributed by atoms with E-state index in [-0.39, 0.29) is 6.03 Å². The minimum atomic E-state index is -0.0656. The number of para-hydroxylation sites is 1. The van der Waals surface area contributed by atoms with E-state index in [2.05, 4.69) is 26.3 Å². The van der Waals surface area contributed by atoms with Crippen LogP contribution in [0.5, 0.6) is 0 Å². The van der Waals surface area contributed by atoms with Crippen molar-refractivity contribution in [3.05, 3.63) is 66.6 Å². The van der Waals surface area contributed by atoms with Gasteiger partial charge in [0.2, 0.25) is 0 Å². The average molecular weight is 347 g/mol. The number of hydrogen-bond donors (Lipinski definition) is 1. The van der Waals surface area contributed by atoms with Gasteiger partial charge in [0.1, 0.15) is 0 Å². The summed E-state index contributed by atoms with van der Waals surface area (Å²) in [4.78, 5) is 25.4. The predicted octanol–water partition coefficient (Wildman–Crippen LogP) is 2.98. The van der Waals surface area contributed by atoms with Crippen molar-refractivity contribution in [2.45, 2.75) is 6.54 Å². The van der Waals surface area contributed by atoms with Gasteiger partial charge in [-0.15, -0.1) is 0 Å². The molecule has 1 aromatic carbocycles. The van der Waals surface area contributed by atoms with Crippen LogP contribution in [0.1, 0.15) is 5.56 Å². The zero-order valence-electron chi connectivity index (χ0n) is 14.5. The Morgan fingerprint density at radius 3 is 2.62 bits per heavy atom. The monoisotopic (exact) mass is 347 g/mol. The van der Waals surface area contributed by atoms with Crippen LogP contribution in [0.4, 0.5) is 10.5 Å². The van der Waals surface area contributed by atoms with E-state index in [1.54, 1.807) is 12.4 Å². The minimum Gasteiger partial charge on any atom is -0.322 e. The van der Waals surface area contributed by atoms with Crippen LogP contribution in [0.2, 0.25) is 0 Å². The first-order valence-corrected chi connectivity index (χ1v) is 8.80. The lowest BCUT2D eigenvalue weighted by Gasteiger charge is -2.34. The second-order valence-electron chi connectivity index (χ2n) is 6.44. The first kappa shape index (κ1) is 16.5. The van der Waals surface area contributed by atoms with Crippen LogP contribution >= 0.6 is 0 Å². The third-order valence-electron chi connectivity index (χ3n) is 4.66. The van der Waals surface area contributed by atoms with Crippen LogP contribution in [-0.2, 0) is 6.54 Å². The summed E-state index contributed by atoms with van der Waals surface area (Å²) in [7, 11) is 0. The Bertz CT molecular complexity index is 886. The van der Waals surface area contributed by atoms with E-state index < -0.39 is 0 Å². The van der Waals surface area contributed by atoms with Crippen LogP contribution in [0.25, 0.3) is 10.9 Å². The highest BCUT2D eigenvalue weighted by Crippen LogP contribution is 2.21. The summed E-state index contributed by atoms with van der Waals surface area (Å²) in [6.45, 7) is 4.01. The van der Waals surface area contributed by atoms with Gasteiger partial charge in [0.05, 0.1) is 11.2 Å². The Kier molecular flexibility index (Phi) is 4.75. The van der Waals surface area contributed by atoms with E-state index >= 15 is 0 Å². The lowest BCUT2D eigenvalue weighted by molar-refractivity contribution is 0.143. The Morgan fingerprint density at radius 2 is 1.81 bits per heavy atom. The van der Waals surface area contributed by atoms with E-state index in [9.17, 15) is 4.79 Å². The molecule has 1 N–H and O–H groups in total. The molecule has 1 saturated heterocycles. The summed E-state index contributed by atoms with van der Waals surface area (Å²) in [5, 5.41) is 4.04. The van der Waals surface area contributed by atoms with Gasteiger partial charge < -0.3 is 10.2 Å². The fourth-order valence-corrected chi connectivity index (χ4v) is 3.26. The second-order valence-corrected chi connectivity index (χ2v) is 6.44. The highest BCUT2D eigenvalue weighted by atomic mass is 16.2. The molecule has 1 aliphatic heterocycles. The first-order chi connectivity index (χ1) is 12.8. The first-order valence-electron chi connectivity index (χ1n) is 8.80. The molecule has 4 rings (SSSR count).